The summed E-state index contributed by atoms with van der Waals surface area (Å²) < 4.78 is 42.9. The van der Waals surface area contributed by atoms with Crippen LogP contribution in [0.15, 0.2) is 24.3 Å². The molecule has 2 rings (SSSR count). The van der Waals surface area contributed by atoms with Gasteiger partial charge in [0.1, 0.15) is 0 Å². The zero-order chi connectivity index (χ0) is 13.8. The molecule has 0 aromatic heterocycles. The Hall–Kier alpha value is -1.56. The maximum absolute atomic E-state index is 13.1. The van der Waals surface area contributed by atoms with Crippen LogP contribution < -0.4 is 0 Å². The third-order valence-corrected chi connectivity index (χ3v) is 3.17. The summed E-state index contributed by atoms with van der Waals surface area (Å²) >= 11 is 0. The van der Waals surface area contributed by atoms with Crippen LogP contribution >= 0.6 is 0 Å². The van der Waals surface area contributed by atoms with E-state index in [0.29, 0.717) is 19.8 Å². The van der Waals surface area contributed by atoms with E-state index in [-0.39, 0.29) is 11.6 Å². The lowest BCUT2D eigenvalue weighted by Gasteiger charge is -2.33. The van der Waals surface area contributed by atoms with Gasteiger partial charge < -0.3 is 9.64 Å². The molecule has 1 aliphatic rings. The standard InChI is InChI=1S/C13H14F3NO2/c14-12(13(15)16)10-3-1-9(2-4-10)11-7-19-6-5-17(11)8-18/h1-4,8,11-13H,5-7H2/t11-,12?/m1/s1. The SMILES string of the molecule is O=CN1CCOC[C@@H]1c1ccc(C(F)C(F)F)cc1. The van der Waals surface area contributed by atoms with Crippen molar-refractivity contribution in [3.63, 3.8) is 0 Å². The van der Waals surface area contributed by atoms with Crippen LogP contribution in [0.25, 0.3) is 0 Å². The van der Waals surface area contributed by atoms with E-state index < -0.39 is 12.6 Å². The minimum atomic E-state index is -3.03. The van der Waals surface area contributed by atoms with Gasteiger partial charge in [0.2, 0.25) is 6.41 Å². The number of hydrogen-bond acceptors (Lipinski definition) is 2. The van der Waals surface area contributed by atoms with Crippen molar-refractivity contribution in [1.29, 1.82) is 0 Å². The van der Waals surface area contributed by atoms with Crippen molar-refractivity contribution in [1.82, 2.24) is 4.90 Å². The van der Waals surface area contributed by atoms with Gasteiger partial charge in [-0.2, -0.15) is 0 Å². The summed E-state index contributed by atoms with van der Waals surface area (Å²) in [4.78, 5) is 12.5. The average molecular weight is 273 g/mol. The van der Waals surface area contributed by atoms with Crippen LogP contribution in [0.3, 0.4) is 0 Å². The molecule has 0 radical (unpaired) electrons. The Bertz CT molecular complexity index is 424. The van der Waals surface area contributed by atoms with Crippen molar-refractivity contribution < 1.29 is 22.7 Å². The zero-order valence-corrected chi connectivity index (χ0v) is 10.1. The monoisotopic (exact) mass is 273 g/mol. The van der Waals surface area contributed by atoms with Crippen LogP contribution in [0.2, 0.25) is 0 Å². The minimum Gasteiger partial charge on any atom is -0.377 e. The molecule has 1 aromatic carbocycles. The molecule has 19 heavy (non-hydrogen) atoms. The van der Waals surface area contributed by atoms with Crippen molar-refractivity contribution in [2.45, 2.75) is 18.6 Å². The molecule has 1 aromatic rings. The number of benzene rings is 1. The molecule has 0 saturated carbocycles. The highest BCUT2D eigenvalue weighted by Gasteiger charge is 2.25. The number of hydrogen-bond donors (Lipinski definition) is 0. The van der Waals surface area contributed by atoms with E-state index in [1.165, 1.54) is 12.1 Å². The Balaban J connectivity index is 2.15. The van der Waals surface area contributed by atoms with Crippen LogP contribution in [-0.2, 0) is 9.53 Å². The van der Waals surface area contributed by atoms with E-state index in [9.17, 15) is 18.0 Å². The normalized spacial score (nSPS) is 21.5. The first-order valence-electron chi connectivity index (χ1n) is 5.94. The Morgan fingerprint density at radius 1 is 1.26 bits per heavy atom. The summed E-state index contributed by atoms with van der Waals surface area (Å²) in [5, 5.41) is 0. The summed E-state index contributed by atoms with van der Waals surface area (Å²) in [6.45, 7) is 1.32. The molecule has 0 aliphatic carbocycles. The van der Waals surface area contributed by atoms with Crippen LogP contribution in [0, 0.1) is 0 Å². The van der Waals surface area contributed by atoms with Gasteiger partial charge in [-0.05, 0) is 11.1 Å². The van der Waals surface area contributed by atoms with E-state index in [1.807, 2.05) is 0 Å². The molecule has 0 bridgehead atoms. The highest BCUT2D eigenvalue weighted by atomic mass is 19.3. The number of alkyl halides is 3. The fourth-order valence-corrected chi connectivity index (χ4v) is 2.08. The van der Waals surface area contributed by atoms with Crippen molar-refractivity contribution in [2.24, 2.45) is 0 Å². The smallest absolute Gasteiger partial charge is 0.273 e. The molecule has 0 spiro atoms. The van der Waals surface area contributed by atoms with E-state index >= 15 is 0 Å². The topological polar surface area (TPSA) is 29.5 Å². The molecule has 1 saturated heterocycles. The molecule has 1 amide bonds. The van der Waals surface area contributed by atoms with E-state index in [0.717, 1.165) is 12.0 Å². The summed E-state index contributed by atoms with van der Waals surface area (Å²) in [7, 11) is 0. The van der Waals surface area contributed by atoms with Gasteiger partial charge in [-0.25, -0.2) is 13.2 Å². The van der Waals surface area contributed by atoms with Crippen LogP contribution in [0.4, 0.5) is 13.2 Å². The second kappa shape index (κ2) is 6.06. The number of carbonyl (C=O) groups excluding carboxylic acids is 1. The van der Waals surface area contributed by atoms with Crippen molar-refractivity contribution >= 4 is 6.41 Å². The summed E-state index contributed by atoms with van der Waals surface area (Å²) in [5.41, 5.74) is 0.685. The molecule has 1 heterocycles. The molecule has 1 aliphatic heterocycles. The fraction of sp³-hybridized carbons (Fsp3) is 0.462. The molecule has 6 heteroatoms. The number of halogens is 3. The van der Waals surface area contributed by atoms with Gasteiger partial charge >= 0.3 is 0 Å². The molecular formula is C13H14F3NO2. The summed E-state index contributed by atoms with van der Waals surface area (Å²) in [6, 6.07) is 5.51. The van der Waals surface area contributed by atoms with Gasteiger partial charge in [-0.3, -0.25) is 4.79 Å². The van der Waals surface area contributed by atoms with Gasteiger partial charge in [0.15, 0.2) is 6.17 Å². The van der Waals surface area contributed by atoms with Crippen LogP contribution in [0.5, 0.6) is 0 Å². The lowest BCUT2D eigenvalue weighted by Crippen LogP contribution is -2.38. The van der Waals surface area contributed by atoms with Crippen molar-refractivity contribution in [2.75, 3.05) is 19.8 Å². The Morgan fingerprint density at radius 3 is 2.53 bits per heavy atom. The van der Waals surface area contributed by atoms with E-state index in [4.69, 9.17) is 4.74 Å². The largest absolute Gasteiger partial charge is 0.377 e. The predicted molar refractivity (Wildman–Crippen MR) is 62.6 cm³/mol. The molecule has 0 N–H and O–H groups in total. The number of amides is 1. The van der Waals surface area contributed by atoms with Crippen molar-refractivity contribution in [3.8, 4) is 0 Å². The Labute approximate surface area is 109 Å². The van der Waals surface area contributed by atoms with Gasteiger partial charge in [0.25, 0.3) is 6.43 Å². The van der Waals surface area contributed by atoms with Gasteiger partial charge in [-0.15, -0.1) is 0 Å². The molecule has 3 nitrogen and oxygen atoms in total. The number of morpholine rings is 1. The minimum absolute atomic E-state index is 0.0619. The van der Waals surface area contributed by atoms with Gasteiger partial charge in [-0.1, -0.05) is 24.3 Å². The summed E-state index contributed by atoms with van der Waals surface area (Å²) in [6.07, 6.45) is -4.58. The lowest BCUT2D eigenvalue weighted by atomic mass is 10.0. The molecule has 2 atom stereocenters. The third-order valence-electron chi connectivity index (χ3n) is 3.17. The number of carbonyl (C=O) groups is 1. The second-order valence-electron chi connectivity index (χ2n) is 4.34. The molecule has 1 fully saturated rings. The first-order valence-corrected chi connectivity index (χ1v) is 5.94. The molecule has 104 valence electrons. The van der Waals surface area contributed by atoms with E-state index in [2.05, 4.69) is 0 Å². The maximum atomic E-state index is 13.1. The average Bonchev–Trinajstić information content (AvgIpc) is 2.46. The predicted octanol–water partition coefficient (Wildman–Crippen LogP) is 2.49. The maximum Gasteiger partial charge on any atom is 0.273 e. The lowest BCUT2D eigenvalue weighted by molar-refractivity contribution is -0.126. The Kier molecular flexibility index (Phi) is 4.42. The first-order chi connectivity index (χ1) is 9.13. The highest BCUT2D eigenvalue weighted by Crippen LogP contribution is 2.28. The third kappa shape index (κ3) is 3.07. The Morgan fingerprint density at radius 2 is 1.95 bits per heavy atom. The van der Waals surface area contributed by atoms with Crippen molar-refractivity contribution in [3.05, 3.63) is 35.4 Å². The summed E-state index contributed by atoms with van der Waals surface area (Å²) in [5.74, 6) is 0. The van der Waals surface area contributed by atoms with Gasteiger partial charge in [0, 0.05) is 6.54 Å². The van der Waals surface area contributed by atoms with Crippen LogP contribution in [0.1, 0.15) is 23.3 Å². The fourth-order valence-electron chi connectivity index (χ4n) is 2.08. The van der Waals surface area contributed by atoms with Gasteiger partial charge in [0.05, 0.1) is 19.3 Å². The number of nitrogens with zero attached hydrogens (tertiary/aromatic N) is 1. The first kappa shape index (κ1) is 13.9. The quantitative estimate of drug-likeness (QED) is 0.789. The van der Waals surface area contributed by atoms with E-state index in [1.54, 1.807) is 17.0 Å². The second-order valence-corrected chi connectivity index (χ2v) is 4.34. The molecular weight excluding hydrogens is 259 g/mol. The molecule has 1 unspecified atom stereocenters. The number of rotatable bonds is 4. The highest BCUT2D eigenvalue weighted by molar-refractivity contribution is 5.49. The number of ether oxygens (including phenoxy) is 1. The zero-order valence-electron chi connectivity index (χ0n) is 10.1. The van der Waals surface area contributed by atoms with Crippen LogP contribution in [-0.4, -0.2) is 37.5 Å².